The SMILES string of the molecule is CC(=NNC(=S)Nc1c[nH]c(=O)[nH]c1=O)C(=O)[O-]. The Morgan fingerprint density at radius 2 is 2.17 bits per heavy atom. The van der Waals surface area contributed by atoms with Crippen LogP contribution in [0.5, 0.6) is 0 Å². The van der Waals surface area contributed by atoms with Gasteiger partial charge in [-0.05, 0) is 19.1 Å². The van der Waals surface area contributed by atoms with Crippen molar-refractivity contribution in [2.75, 3.05) is 5.32 Å². The molecule has 0 amide bonds. The van der Waals surface area contributed by atoms with Crippen molar-refractivity contribution in [2.45, 2.75) is 6.92 Å². The van der Waals surface area contributed by atoms with Crippen LogP contribution >= 0.6 is 12.2 Å². The van der Waals surface area contributed by atoms with Gasteiger partial charge in [0.2, 0.25) is 0 Å². The molecule has 0 aliphatic carbocycles. The molecule has 9 nitrogen and oxygen atoms in total. The highest BCUT2D eigenvalue weighted by Crippen LogP contribution is 1.91. The number of thiocarbonyl (C=S) groups is 1. The standard InChI is InChI=1S/C8H9N5O4S/c1-3(6(15)16)12-13-8(18)10-4-2-9-7(17)11-5(4)14/h2H,1H3,(H,15,16)(H2,10,13,18)(H2,9,11,14,17)/p-1. The van der Waals surface area contributed by atoms with Crippen LogP contribution in [0.1, 0.15) is 6.92 Å². The molecule has 0 aliphatic heterocycles. The molecule has 0 spiro atoms. The number of rotatable bonds is 3. The molecule has 0 saturated carbocycles. The quantitative estimate of drug-likeness (QED) is 0.269. The first-order chi connectivity index (χ1) is 8.40. The van der Waals surface area contributed by atoms with Crippen LogP contribution in [0.25, 0.3) is 0 Å². The number of aliphatic carboxylic acids is 1. The molecule has 0 bridgehead atoms. The van der Waals surface area contributed by atoms with Crippen molar-refractivity contribution in [3.63, 3.8) is 0 Å². The van der Waals surface area contributed by atoms with Crippen molar-refractivity contribution in [1.29, 1.82) is 0 Å². The fraction of sp³-hybridized carbons (Fsp3) is 0.125. The third-order valence-corrected chi connectivity index (χ3v) is 1.88. The monoisotopic (exact) mass is 270 g/mol. The second-order valence-electron chi connectivity index (χ2n) is 3.04. The fourth-order valence-corrected chi connectivity index (χ4v) is 0.989. The van der Waals surface area contributed by atoms with Gasteiger partial charge < -0.3 is 20.2 Å². The van der Waals surface area contributed by atoms with E-state index in [9.17, 15) is 19.5 Å². The maximum Gasteiger partial charge on any atom is 0.325 e. The van der Waals surface area contributed by atoms with Crippen molar-refractivity contribution in [1.82, 2.24) is 15.4 Å². The number of carboxylic acid groups (broad SMARTS) is 1. The summed E-state index contributed by atoms with van der Waals surface area (Å²) in [5, 5.41) is 16.0. The molecule has 0 atom stereocenters. The van der Waals surface area contributed by atoms with E-state index in [4.69, 9.17) is 12.2 Å². The van der Waals surface area contributed by atoms with Gasteiger partial charge in [0.15, 0.2) is 5.11 Å². The van der Waals surface area contributed by atoms with Crippen LogP contribution in [0.4, 0.5) is 5.69 Å². The van der Waals surface area contributed by atoms with Gasteiger partial charge in [0.25, 0.3) is 5.56 Å². The summed E-state index contributed by atoms with van der Waals surface area (Å²) in [6, 6.07) is 0. The Bertz CT molecular complexity index is 616. The van der Waals surface area contributed by atoms with E-state index in [0.717, 1.165) is 6.20 Å². The molecule has 4 N–H and O–H groups in total. The zero-order valence-electron chi connectivity index (χ0n) is 9.07. The number of aromatic nitrogens is 2. The molecule has 1 aromatic rings. The lowest BCUT2D eigenvalue weighted by Gasteiger charge is -2.06. The van der Waals surface area contributed by atoms with Crippen molar-refractivity contribution < 1.29 is 9.90 Å². The van der Waals surface area contributed by atoms with Gasteiger partial charge in [0.05, 0.1) is 11.7 Å². The number of aromatic amines is 2. The fourth-order valence-electron chi connectivity index (χ4n) is 0.833. The predicted octanol–water partition coefficient (Wildman–Crippen LogP) is -2.52. The number of hydrogen-bond donors (Lipinski definition) is 4. The van der Waals surface area contributed by atoms with Crippen molar-refractivity contribution in [2.24, 2.45) is 5.10 Å². The number of nitrogens with zero attached hydrogens (tertiary/aromatic N) is 1. The van der Waals surface area contributed by atoms with Crippen LogP contribution < -0.4 is 27.1 Å². The van der Waals surface area contributed by atoms with E-state index in [1.54, 1.807) is 0 Å². The first kappa shape index (κ1) is 13.6. The molecule has 18 heavy (non-hydrogen) atoms. The summed E-state index contributed by atoms with van der Waals surface area (Å²) in [6.45, 7) is 1.21. The number of carboxylic acids is 1. The number of nitrogens with one attached hydrogen (secondary N) is 4. The number of H-pyrrole nitrogens is 2. The lowest BCUT2D eigenvalue weighted by Crippen LogP contribution is -2.34. The second kappa shape index (κ2) is 5.72. The van der Waals surface area contributed by atoms with Crippen LogP contribution in [0, 0.1) is 0 Å². The van der Waals surface area contributed by atoms with E-state index in [-0.39, 0.29) is 16.5 Å². The van der Waals surface area contributed by atoms with E-state index in [2.05, 4.69) is 20.8 Å². The number of carbonyl (C=O) groups is 1. The lowest BCUT2D eigenvalue weighted by molar-refractivity contribution is -0.294. The Labute approximate surface area is 105 Å². The normalized spacial score (nSPS) is 10.8. The maximum absolute atomic E-state index is 11.3. The molecule has 0 radical (unpaired) electrons. The first-order valence-corrected chi connectivity index (χ1v) is 4.95. The molecule has 1 rings (SSSR count). The van der Waals surface area contributed by atoms with Crippen LogP contribution in [0.2, 0.25) is 0 Å². The highest BCUT2D eigenvalue weighted by Gasteiger charge is 2.02. The predicted molar refractivity (Wildman–Crippen MR) is 65.2 cm³/mol. The third kappa shape index (κ3) is 3.83. The zero-order chi connectivity index (χ0) is 13.7. The van der Waals surface area contributed by atoms with Crippen LogP contribution in [-0.2, 0) is 4.79 Å². The molecule has 1 aromatic heterocycles. The molecular weight excluding hydrogens is 262 g/mol. The highest BCUT2D eigenvalue weighted by atomic mass is 32.1. The second-order valence-corrected chi connectivity index (χ2v) is 3.44. The summed E-state index contributed by atoms with van der Waals surface area (Å²) in [5.74, 6) is -1.45. The largest absolute Gasteiger partial charge is 0.543 e. The van der Waals surface area contributed by atoms with Gasteiger partial charge in [-0.15, -0.1) is 0 Å². The Morgan fingerprint density at radius 1 is 1.50 bits per heavy atom. The summed E-state index contributed by atoms with van der Waals surface area (Å²) >= 11 is 4.75. The van der Waals surface area contributed by atoms with Gasteiger partial charge in [-0.25, -0.2) is 4.79 Å². The van der Waals surface area contributed by atoms with E-state index < -0.39 is 17.2 Å². The Balaban J connectivity index is 2.71. The topological polar surface area (TPSA) is 142 Å². The molecule has 0 aromatic carbocycles. The molecule has 10 heteroatoms. The number of hydrazone groups is 1. The molecule has 0 saturated heterocycles. The van der Waals surface area contributed by atoms with E-state index in [0.29, 0.717) is 0 Å². The third-order valence-electron chi connectivity index (χ3n) is 1.69. The van der Waals surface area contributed by atoms with Crippen molar-refractivity contribution >= 4 is 34.7 Å². The number of anilines is 1. The van der Waals surface area contributed by atoms with Crippen molar-refractivity contribution in [3.05, 3.63) is 27.0 Å². The average Bonchev–Trinajstić information content (AvgIpc) is 2.29. The maximum atomic E-state index is 11.3. The van der Waals surface area contributed by atoms with Gasteiger partial charge in [-0.3, -0.25) is 15.2 Å². The Morgan fingerprint density at radius 3 is 2.72 bits per heavy atom. The smallest absolute Gasteiger partial charge is 0.325 e. The highest BCUT2D eigenvalue weighted by molar-refractivity contribution is 7.80. The minimum atomic E-state index is -1.45. The molecule has 0 fully saturated rings. The minimum absolute atomic E-state index is 0.0200. The summed E-state index contributed by atoms with van der Waals surface area (Å²) in [5.41, 5.74) is 0.532. The van der Waals surface area contributed by atoms with E-state index in [1.165, 1.54) is 6.92 Å². The van der Waals surface area contributed by atoms with Crippen molar-refractivity contribution in [3.8, 4) is 0 Å². The van der Waals surface area contributed by atoms with Crippen LogP contribution in [0.3, 0.4) is 0 Å². The summed E-state index contributed by atoms with van der Waals surface area (Å²) in [6.07, 6.45) is 1.12. The van der Waals surface area contributed by atoms with Crippen LogP contribution in [-0.4, -0.2) is 26.8 Å². The summed E-state index contributed by atoms with van der Waals surface area (Å²) in [7, 11) is 0. The molecule has 1 heterocycles. The molecular formula is C8H8N5O4S-. The Hall–Kier alpha value is -2.49. The number of hydrogen-bond acceptors (Lipinski definition) is 6. The first-order valence-electron chi connectivity index (χ1n) is 4.55. The summed E-state index contributed by atoms with van der Waals surface area (Å²) in [4.78, 5) is 36.5. The van der Waals surface area contributed by atoms with Gasteiger partial charge in [0.1, 0.15) is 5.69 Å². The number of carbonyl (C=O) groups excluding carboxylic acids is 1. The van der Waals surface area contributed by atoms with Gasteiger partial charge >= 0.3 is 5.69 Å². The van der Waals surface area contributed by atoms with E-state index >= 15 is 0 Å². The zero-order valence-corrected chi connectivity index (χ0v) is 9.88. The van der Waals surface area contributed by atoms with Gasteiger partial charge in [-0.2, -0.15) is 5.10 Å². The van der Waals surface area contributed by atoms with Gasteiger partial charge in [-0.1, -0.05) is 0 Å². The minimum Gasteiger partial charge on any atom is -0.543 e. The molecule has 0 aliphatic rings. The molecule has 96 valence electrons. The Kier molecular flexibility index (Phi) is 4.32. The average molecular weight is 270 g/mol. The van der Waals surface area contributed by atoms with Gasteiger partial charge in [0, 0.05) is 6.20 Å². The van der Waals surface area contributed by atoms with E-state index in [1.807, 2.05) is 4.98 Å². The lowest BCUT2D eigenvalue weighted by atomic mass is 10.4. The molecule has 0 unspecified atom stereocenters. The van der Waals surface area contributed by atoms with Crippen LogP contribution in [0.15, 0.2) is 20.9 Å². The summed E-state index contributed by atoms with van der Waals surface area (Å²) < 4.78 is 0.